The van der Waals surface area contributed by atoms with E-state index in [4.69, 9.17) is 9.47 Å². The lowest BCUT2D eigenvalue weighted by Crippen LogP contribution is -2.40. The van der Waals surface area contributed by atoms with Gasteiger partial charge in [-0.1, -0.05) is 19.4 Å². The van der Waals surface area contributed by atoms with E-state index in [0.29, 0.717) is 18.9 Å². The van der Waals surface area contributed by atoms with Crippen LogP contribution in [0.3, 0.4) is 0 Å². The maximum atomic E-state index is 12.9. The molecular weight excluding hydrogens is 448 g/mol. The second kappa shape index (κ2) is 11.0. The van der Waals surface area contributed by atoms with Crippen LogP contribution < -0.4 is 19.7 Å². The number of carbonyl (C=O) groups is 1. The van der Waals surface area contributed by atoms with E-state index in [1.807, 2.05) is 18.2 Å². The minimum atomic E-state index is 0.0115. The standard InChI is InChI=1S/C26H34N4O3S/c1-5-6-13-33-21-8-7-19(14-22(21)32-4)15-27-25(31)20-9-11-30(12-10-20)24-23-17(2)18(3)34-26(23)29-16-28-24/h7-8,14,16,20H,5-6,9-13,15H2,1-4H3,(H,27,31). The van der Waals surface area contributed by atoms with Gasteiger partial charge < -0.3 is 19.7 Å². The Morgan fingerprint density at radius 1 is 1.21 bits per heavy atom. The molecule has 1 aliphatic rings. The molecule has 2 aromatic heterocycles. The Labute approximate surface area is 205 Å². The molecule has 1 fully saturated rings. The number of benzene rings is 1. The Bertz CT molecular complexity index is 1140. The van der Waals surface area contributed by atoms with Crippen molar-refractivity contribution in [3.05, 3.63) is 40.5 Å². The number of anilines is 1. The van der Waals surface area contributed by atoms with Crippen molar-refractivity contribution in [2.24, 2.45) is 5.92 Å². The minimum Gasteiger partial charge on any atom is -0.493 e. The molecule has 182 valence electrons. The second-order valence-electron chi connectivity index (χ2n) is 8.83. The predicted octanol–water partition coefficient (Wildman–Crippen LogP) is 5.03. The summed E-state index contributed by atoms with van der Waals surface area (Å²) < 4.78 is 11.3. The Morgan fingerprint density at radius 3 is 2.74 bits per heavy atom. The van der Waals surface area contributed by atoms with Crippen LogP contribution in [0.2, 0.25) is 0 Å². The number of nitrogens with zero attached hydrogens (tertiary/aromatic N) is 3. The molecule has 0 atom stereocenters. The molecule has 0 radical (unpaired) electrons. The van der Waals surface area contributed by atoms with Crippen LogP contribution >= 0.6 is 11.3 Å². The molecule has 3 heterocycles. The first-order chi connectivity index (χ1) is 16.5. The number of piperidine rings is 1. The van der Waals surface area contributed by atoms with Gasteiger partial charge in [0.1, 0.15) is 17.0 Å². The third-order valence-corrected chi connectivity index (χ3v) is 7.68. The third kappa shape index (κ3) is 5.27. The first kappa shape index (κ1) is 24.3. The fourth-order valence-electron chi connectivity index (χ4n) is 4.36. The van der Waals surface area contributed by atoms with Gasteiger partial charge in [-0.15, -0.1) is 11.3 Å². The van der Waals surface area contributed by atoms with E-state index in [1.165, 1.54) is 10.4 Å². The Hall–Kier alpha value is -2.87. The van der Waals surface area contributed by atoms with Crippen molar-refractivity contribution in [1.82, 2.24) is 15.3 Å². The number of aryl methyl sites for hydroxylation is 2. The Morgan fingerprint density at radius 2 is 2.00 bits per heavy atom. The number of aromatic nitrogens is 2. The molecule has 8 heteroatoms. The summed E-state index contributed by atoms with van der Waals surface area (Å²) >= 11 is 1.72. The van der Waals surface area contributed by atoms with Crippen molar-refractivity contribution in [2.75, 3.05) is 31.7 Å². The van der Waals surface area contributed by atoms with Crippen LogP contribution in [0, 0.1) is 19.8 Å². The lowest BCUT2D eigenvalue weighted by Gasteiger charge is -2.32. The minimum absolute atomic E-state index is 0.0115. The number of carbonyl (C=O) groups excluding carboxylic acids is 1. The number of hydrogen-bond donors (Lipinski definition) is 1. The maximum absolute atomic E-state index is 12.9. The largest absolute Gasteiger partial charge is 0.493 e. The molecule has 1 aromatic carbocycles. The van der Waals surface area contributed by atoms with E-state index in [9.17, 15) is 4.79 Å². The molecule has 0 spiro atoms. The van der Waals surface area contributed by atoms with Gasteiger partial charge in [0.2, 0.25) is 5.91 Å². The van der Waals surface area contributed by atoms with Crippen LogP contribution in [0.5, 0.6) is 11.5 Å². The molecule has 34 heavy (non-hydrogen) atoms. The van der Waals surface area contributed by atoms with Gasteiger partial charge in [-0.25, -0.2) is 9.97 Å². The highest BCUT2D eigenvalue weighted by Gasteiger charge is 2.27. The van der Waals surface area contributed by atoms with Gasteiger partial charge in [0.15, 0.2) is 11.5 Å². The Balaban J connectivity index is 1.32. The summed E-state index contributed by atoms with van der Waals surface area (Å²) in [5.41, 5.74) is 2.25. The molecule has 0 bridgehead atoms. The molecule has 7 nitrogen and oxygen atoms in total. The van der Waals surface area contributed by atoms with Gasteiger partial charge in [0.25, 0.3) is 0 Å². The normalized spacial score (nSPS) is 14.4. The Kier molecular flexibility index (Phi) is 7.88. The number of rotatable bonds is 9. The monoisotopic (exact) mass is 482 g/mol. The first-order valence-corrected chi connectivity index (χ1v) is 12.9. The SMILES string of the molecule is CCCCOc1ccc(CNC(=O)C2CCN(c3ncnc4sc(C)c(C)c34)CC2)cc1OC. The molecule has 4 rings (SSSR count). The van der Waals surface area contributed by atoms with Crippen LogP contribution in [0.4, 0.5) is 5.82 Å². The van der Waals surface area contributed by atoms with Crippen molar-refractivity contribution in [2.45, 2.75) is 53.0 Å². The molecule has 0 saturated carbocycles. The molecule has 1 N–H and O–H groups in total. The fraction of sp³-hybridized carbons (Fsp3) is 0.500. The van der Waals surface area contributed by atoms with Gasteiger partial charge >= 0.3 is 0 Å². The van der Waals surface area contributed by atoms with E-state index < -0.39 is 0 Å². The van der Waals surface area contributed by atoms with E-state index >= 15 is 0 Å². The lowest BCUT2D eigenvalue weighted by atomic mass is 9.95. The average Bonchev–Trinajstić information content (AvgIpc) is 3.16. The summed E-state index contributed by atoms with van der Waals surface area (Å²) in [7, 11) is 1.64. The lowest BCUT2D eigenvalue weighted by molar-refractivity contribution is -0.125. The number of fused-ring (bicyclic) bond motifs is 1. The summed E-state index contributed by atoms with van der Waals surface area (Å²) in [5.74, 6) is 2.56. The number of amides is 1. The average molecular weight is 483 g/mol. The summed E-state index contributed by atoms with van der Waals surface area (Å²) in [6.45, 7) is 9.19. The zero-order chi connectivity index (χ0) is 24.1. The van der Waals surface area contributed by atoms with Crippen LogP contribution in [-0.4, -0.2) is 42.7 Å². The summed E-state index contributed by atoms with van der Waals surface area (Å²) in [5, 5.41) is 4.27. The van der Waals surface area contributed by atoms with Crippen molar-refractivity contribution >= 4 is 33.3 Å². The molecule has 1 amide bonds. The molecule has 3 aromatic rings. The number of nitrogens with one attached hydrogen (secondary N) is 1. The molecule has 1 aliphatic heterocycles. The number of thiophene rings is 1. The van der Waals surface area contributed by atoms with E-state index in [0.717, 1.165) is 66.1 Å². The molecule has 0 unspecified atom stereocenters. The topological polar surface area (TPSA) is 76.6 Å². The molecule has 1 saturated heterocycles. The fourth-order valence-corrected chi connectivity index (χ4v) is 5.35. The quantitative estimate of drug-likeness (QED) is 0.431. The van der Waals surface area contributed by atoms with Gasteiger partial charge in [0, 0.05) is 30.4 Å². The van der Waals surface area contributed by atoms with Crippen LogP contribution in [0.15, 0.2) is 24.5 Å². The van der Waals surface area contributed by atoms with Crippen LogP contribution in [-0.2, 0) is 11.3 Å². The van der Waals surface area contributed by atoms with Crippen molar-refractivity contribution in [3.8, 4) is 11.5 Å². The zero-order valence-electron chi connectivity index (χ0n) is 20.5. The summed E-state index contributed by atoms with van der Waals surface area (Å²) in [4.78, 5) is 26.5. The number of hydrogen-bond acceptors (Lipinski definition) is 7. The number of unbranched alkanes of at least 4 members (excludes halogenated alkanes) is 1. The summed E-state index contributed by atoms with van der Waals surface area (Å²) in [6.07, 6.45) is 5.37. The van der Waals surface area contributed by atoms with Gasteiger partial charge in [-0.05, 0) is 56.4 Å². The predicted molar refractivity (Wildman–Crippen MR) is 137 cm³/mol. The van der Waals surface area contributed by atoms with Gasteiger partial charge in [-0.3, -0.25) is 4.79 Å². The van der Waals surface area contributed by atoms with Gasteiger partial charge in [0.05, 0.1) is 19.1 Å². The number of ether oxygens (including phenoxy) is 2. The maximum Gasteiger partial charge on any atom is 0.223 e. The summed E-state index contributed by atoms with van der Waals surface area (Å²) in [6, 6.07) is 5.85. The smallest absolute Gasteiger partial charge is 0.223 e. The second-order valence-corrected chi connectivity index (χ2v) is 10.0. The third-order valence-electron chi connectivity index (χ3n) is 6.56. The van der Waals surface area contributed by atoms with Crippen LogP contribution in [0.1, 0.15) is 48.6 Å². The molecule has 0 aliphatic carbocycles. The van der Waals surface area contributed by atoms with Crippen molar-refractivity contribution < 1.29 is 14.3 Å². The van der Waals surface area contributed by atoms with E-state index in [1.54, 1.807) is 24.8 Å². The van der Waals surface area contributed by atoms with Crippen molar-refractivity contribution in [3.63, 3.8) is 0 Å². The van der Waals surface area contributed by atoms with E-state index in [-0.39, 0.29) is 11.8 Å². The highest BCUT2D eigenvalue weighted by molar-refractivity contribution is 7.18. The molecular formula is C26H34N4O3S. The van der Waals surface area contributed by atoms with Crippen LogP contribution in [0.25, 0.3) is 10.2 Å². The highest BCUT2D eigenvalue weighted by atomic mass is 32.1. The van der Waals surface area contributed by atoms with E-state index in [2.05, 4.69) is 41.0 Å². The van der Waals surface area contributed by atoms with Crippen molar-refractivity contribution in [1.29, 1.82) is 0 Å². The first-order valence-electron chi connectivity index (χ1n) is 12.0. The van der Waals surface area contributed by atoms with Gasteiger partial charge in [-0.2, -0.15) is 0 Å². The number of methoxy groups -OCH3 is 1. The highest BCUT2D eigenvalue weighted by Crippen LogP contribution is 2.35. The zero-order valence-corrected chi connectivity index (χ0v) is 21.3.